The van der Waals surface area contributed by atoms with Gasteiger partial charge >= 0.3 is 0 Å². The van der Waals surface area contributed by atoms with Gasteiger partial charge in [0.15, 0.2) is 0 Å². The Morgan fingerprint density at radius 3 is 2.50 bits per heavy atom. The van der Waals surface area contributed by atoms with Gasteiger partial charge in [0.05, 0.1) is 19.1 Å². The number of nitro benzene ring substituents is 1. The molecule has 6 nitrogen and oxygen atoms in total. The van der Waals surface area contributed by atoms with E-state index in [1.54, 1.807) is 20.3 Å². The summed E-state index contributed by atoms with van der Waals surface area (Å²) in [6.45, 7) is 1.86. The lowest BCUT2D eigenvalue weighted by molar-refractivity contribution is -0.385. The molecule has 0 saturated carbocycles. The number of hydrogen-bond donors (Lipinski definition) is 0. The van der Waals surface area contributed by atoms with Gasteiger partial charge in [-0.2, -0.15) is 0 Å². The lowest BCUT2D eigenvalue weighted by Gasteiger charge is -2.15. The largest absolute Gasteiger partial charge is 0.497 e. The molecule has 164 valence electrons. The highest BCUT2D eigenvalue weighted by atomic mass is 16.6. The number of ether oxygens (including phenoxy) is 3. The standard InChI is InChI=1S/C26H25NO5/c1-17-14-24(27(28)29)22-8-5-9-23(22)26(17)32-21-12-13-25(31-3)19(16-21)11-10-18-6-4-7-20(15-18)30-2/h4,6-7,10-16H,5,8-9H2,1-3H3. The van der Waals surface area contributed by atoms with Crippen LogP contribution in [-0.4, -0.2) is 19.1 Å². The maximum Gasteiger partial charge on any atom is 0.273 e. The van der Waals surface area contributed by atoms with Gasteiger partial charge in [-0.25, -0.2) is 0 Å². The third-order valence-corrected chi connectivity index (χ3v) is 5.68. The first-order valence-electron chi connectivity index (χ1n) is 10.5. The summed E-state index contributed by atoms with van der Waals surface area (Å²) < 4.78 is 17.1. The molecular weight excluding hydrogens is 406 g/mol. The summed E-state index contributed by atoms with van der Waals surface area (Å²) in [5.74, 6) is 2.89. The Bertz CT molecular complexity index is 1200. The van der Waals surface area contributed by atoms with Crippen molar-refractivity contribution < 1.29 is 19.1 Å². The molecule has 3 aromatic rings. The fourth-order valence-electron chi connectivity index (χ4n) is 4.13. The van der Waals surface area contributed by atoms with E-state index in [-0.39, 0.29) is 10.6 Å². The van der Waals surface area contributed by atoms with Crippen molar-refractivity contribution in [2.45, 2.75) is 26.2 Å². The fraction of sp³-hybridized carbons (Fsp3) is 0.231. The second-order valence-electron chi connectivity index (χ2n) is 7.73. The normalized spacial score (nSPS) is 12.6. The van der Waals surface area contributed by atoms with Gasteiger partial charge in [0.1, 0.15) is 23.0 Å². The van der Waals surface area contributed by atoms with Crippen LogP contribution in [0.3, 0.4) is 0 Å². The highest BCUT2D eigenvalue weighted by molar-refractivity contribution is 5.74. The van der Waals surface area contributed by atoms with Gasteiger partial charge in [-0.15, -0.1) is 0 Å². The Hall–Kier alpha value is -3.80. The van der Waals surface area contributed by atoms with Crippen LogP contribution in [0.2, 0.25) is 0 Å². The van der Waals surface area contributed by atoms with E-state index < -0.39 is 0 Å². The summed E-state index contributed by atoms with van der Waals surface area (Å²) in [6, 6.07) is 15.0. The summed E-state index contributed by atoms with van der Waals surface area (Å²) in [6.07, 6.45) is 6.34. The second kappa shape index (κ2) is 9.14. The summed E-state index contributed by atoms with van der Waals surface area (Å²) in [4.78, 5) is 11.2. The number of benzene rings is 3. The molecule has 0 spiro atoms. The van der Waals surface area contributed by atoms with Crippen LogP contribution >= 0.6 is 0 Å². The Morgan fingerprint density at radius 2 is 1.75 bits per heavy atom. The molecule has 0 unspecified atom stereocenters. The van der Waals surface area contributed by atoms with Crippen molar-refractivity contribution in [3.8, 4) is 23.0 Å². The predicted molar refractivity (Wildman–Crippen MR) is 125 cm³/mol. The van der Waals surface area contributed by atoms with Crippen molar-refractivity contribution in [2.24, 2.45) is 0 Å². The lowest BCUT2D eigenvalue weighted by Crippen LogP contribution is -2.00. The molecule has 6 heteroatoms. The molecule has 0 bridgehead atoms. The van der Waals surface area contributed by atoms with Crippen molar-refractivity contribution in [3.63, 3.8) is 0 Å². The van der Waals surface area contributed by atoms with Gasteiger partial charge in [0.2, 0.25) is 0 Å². The van der Waals surface area contributed by atoms with E-state index in [1.165, 1.54) is 0 Å². The molecule has 1 aliphatic rings. The van der Waals surface area contributed by atoms with Crippen molar-refractivity contribution >= 4 is 17.8 Å². The molecule has 0 saturated heterocycles. The van der Waals surface area contributed by atoms with Crippen LogP contribution in [0.15, 0.2) is 48.5 Å². The Kier molecular flexibility index (Phi) is 6.12. The molecule has 32 heavy (non-hydrogen) atoms. The molecule has 0 amide bonds. The molecule has 3 aromatic carbocycles. The van der Waals surface area contributed by atoms with Gasteiger partial charge in [0.25, 0.3) is 5.69 Å². The van der Waals surface area contributed by atoms with Crippen LogP contribution in [0.5, 0.6) is 23.0 Å². The molecule has 0 aromatic heterocycles. The first kappa shape index (κ1) is 21.4. The van der Waals surface area contributed by atoms with E-state index in [2.05, 4.69) is 0 Å². The van der Waals surface area contributed by atoms with E-state index in [1.807, 2.05) is 61.5 Å². The quantitative estimate of drug-likeness (QED) is 0.247. The number of fused-ring (bicyclic) bond motifs is 1. The van der Waals surface area contributed by atoms with E-state index in [9.17, 15) is 10.1 Å². The summed E-state index contributed by atoms with van der Waals surface area (Å²) in [7, 11) is 3.27. The number of nitro groups is 1. The minimum absolute atomic E-state index is 0.194. The molecule has 1 aliphatic carbocycles. The van der Waals surface area contributed by atoms with Crippen LogP contribution in [0, 0.1) is 17.0 Å². The van der Waals surface area contributed by atoms with Crippen LogP contribution in [0.1, 0.15) is 34.2 Å². The van der Waals surface area contributed by atoms with Gasteiger partial charge < -0.3 is 14.2 Å². The fourth-order valence-corrected chi connectivity index (χ4v) is 4.13. The van der Waals surface area contributed by atoms with Crippen molar-refractivity contribution in [3.05, 3.63) is 86.5 Å². The van der Waals surface area contributed by atoms with E-state index in [0.29, 0.717) is 12.2 Å². The molecule has 0 heterocycles. The minimum atomic E-state index is -0.296. The molecular formula is C26H25NO5. The van der Waals surface area contributed by atoms with Crippen molar-refractivity contribution in [2.75, 3.05) is 14.2 Å². The third-order valence-electron chi connectivity index (χ3n) is 5.68. The highest BCUT2D eigenvalue weighted by Gasteiger charge is 2.27. The molecule has 0 aliphatic heterocycles. The number of rotatable bonds is 7. The Balaban J connectivity index is 1.67. The summed E-state index contributed by atoms with van der Waals surface area (Å²) in [5.41, 5.74) is 4.56. The van der Waals surface area contributed by atoms with Gasteiger partial charge in [-0.05, 0) is 67.6 Å². The average Bonchev–Trinajstić information content (AvgIpc) is 3.29. The molecule has 0 radical (unpaired) electrons. The topological polar surface area (TPSA) is 70.8 Å². The monoisotopic (exact) mass is 431 g/mol. The molecule has 4 rings (SSSR count). The van der Waals surface area contributed by atoms with Crippen molar-refractivity contribution in [1.29, 1.82) is 0 Å². The zero-order valence-corrected chi connectivity index (χ0v) is 18.4. The van der Waals surface area contributed by atoms with Crippen LogP contribution in [0.25, 0.3) is 12.2 Å². The zero-order valence-electron chi connectivity index (χ0n) is 18.4. The average molecular weight is 431 g/mol. The zero-order chi connectivity index (χ0) is 22.7. The maximum absolute atomic E-state index is 11.5. The van der Waals surface area contributed by atoms with E-state index in [4.69, 9.17) is 14.2 Å². The van der Waals surface area contributed by atoms with E-state index in [0.717, 1.165) is 57.9 Å². The molecule has 0 atom stereocenters. The Labute approximate surface area is 187 Å². The smallest absolute Gasteiger partial charge is 0.273 e. The van der Waals surface area contributed by atoms with Crippen molar-refractivity contribution in [1.82, 2.24) is 0 Å². The predicted octanol–water partition coefficient (Wildman–Crippen LogP) is 6.37. The van der Waals surface area contributed by atoms with Gasteiger partial charge in [-0.3, -0.25) is 10.1 Å². The summed E-state index contributed by atoms with van der Waals surface area (Å²) in [5, 5.41) is 11.5. The second-order valence-corrected chi connectivity index (χ2v) is 7.73. The van der Waals surface area contributed by atoms with Crippen LogP contribution in [-0.2, 0) is 12.8 Å². The third kappa shape index (κ3) is 4.30. The molecule has 0 N–H and O–H groups in total. The highest BCUT2D eigenvalue weighted by Crippen LogP contribution is 2.42. The minimum Gasteiger partial charge on any atom is -0.497 e. The maximum atomic E-state index is 11.5. The van der Waals surface area contributed by atoms with Gasteiger partial charge in [0, 0.05) is 22.8 Å². The molecule has 0 fully saturated rings. The van der Waals surface area contributed by atoms with Crippen LogP contribution in [0.4, 0.5) is 5.69 Å². The first-order chi connectivity index (χ1) is 15.5. The van der Waals surface area contributed by atoms with E-state index >= 15 is 0 Å². The number of nitrogens with zero attached hydrogens (tertiary/aromatic N) is 1. The number of hydrogen-bond acceptors (Lipinski definition) is 5. The SMILES string of the molecule is COc1cccc(C=Cc2cc(Oc3c(C)cc([N+](=O)[O-])c4c3CCC4)ccc2OC)c1. The van der Waals surface area contributed by atoms with Gasteiger partial charge in [-0.1, -0.05) is 24.3 Å². The Morgan fingerprint density at radius 1 is 0.938 bits per heavy atom. The number of aryl methyl sites for hydroxylation is 1. The number of methoxy groups -OCH3 is 2. The first-order valence-corrected chi connectivity index (χ1v) is 10.5. The summed E-state index contributed by atoms with van der Waals surface area (Å²) >= 11 is 0. The van der Waals surface area contributed by atoms with Crippen LogP contribution < -0.4 is 14.2 Å². The lowest BCUT2D eigenvalue weighted by atomic mass is 10.0.